The van der Waals surface area contributed by atoms with Gasteiger partial charge in [0.05, 0.1) is 6.54 Å². The minimum absolute atomic E-state index is 0.0193. The molecule has 1 unspecified atom stereocenters. The number of aromatic nitrogens is 3. The topological polar surface area (TPSA) is 42.2 Å². The molecule has 108 valence electrons. The minimum Gasteiger partial charge on any atom is -0.303 e. The molecular weight excluding hydrogens is 291 g/mol. The zero-order valence-electron chi connectivity index (χ0n) is 11.4. The van der Waals surface area contributed by atoms with E-state index in [1.54, 1.807) is 6.07 Å². The van der Waals surface area contributed by atoms with Crippen LogP contribution in [-0.4, -0.2) is 14.6 Å². The number of fused-ring (bicyclic) bond motifs is 1. The van der Waals surface area contributed by atoms with E-state index < -0.39 is 0 Å². The van der Waals surface area contributed by atoms with Gasteiger partial charge in [0, 0.05) is 17.3 Å². The third-order valence-electron chi connectivity index (χ3n) is 3.38. The van der Waals surface area contributed by atoms with E-state index in [9.17, 15) is 4.39 Å². The Morgan fingerprint density at radius 3 is 2.95 bits per heavy atom. The smallest absolute Gasteiger partial charge is 0.160 e. The molecule has 0 fully saturated rings. The quantitative estimate of drug-likeness (QED) is 0.803. The van der Waals surface area contributed by atoms with Crippen LogP contribution in [0.5, 0.6) is 0 Å². The van der Waals surface area contributed by atoms with Gasteiger partial charge in [-0.1, -0.05) is 23.7 Å². The monoisotopic (exact) mass is 304 g/mol. The molecule has 1 atom stereocenters. The lowest BCUT2D eigenvalue weighted by atomic mass is 10.1. The molecule has 0 spiro atoms. The minimum atomic E-state index is -0.334. The van der Waals surface area contributed by atoms with Crippen LogP contribution in [0.15, 0.2) is 42.6 Å². The Labute approximate surface area is 126 Å². The van der Waals surface area contributed by atoms with E-state index in [1.807, 2.05) is 35.7 Å². The second-order valence-electron chi connectivity index (χ2n) is 4.81. The molecule has 0 saturated carbocycles. The summed E-state index contributed by atoms with van der Waals surface area (Å²) < 4.78 is 15.0. The molecule has 0 bridgehead atoms. The summed E-state index contributed by atoms with van der Waals surface area (Å²) in [7, 11) is 0. The number of hydrogen-bond acceptors (Lipinski definition) is 3. The Morgan fingerprint density at radius 1 is 1.29 bits per heavy atom. The maximum absolute atomic E-state index is 13.1. The van der Waals surface area contributed by atoms with Gasteiger partial charge in [-0.3, -0.25) is 4.40 Å². The fraction of sp³-hybridized carbons (Fsp3) is 0.200. The van der Waals surface area contributed by atoms with E-state index >= 15 is 0 Å². The Hall–Kier alpha value is -1.98. The highest BCUT2D eigenvalue weighted by atomic mass is 35.5. The van der Waals surface area contributed by atoms with Crippen LogP contribution in [0.1, 0.15) is 24.4 Å². The molecule has 2 aromatic heterocycles. The van der Waals surface area contributed by atoms with Crippen molar-refractivity contribution in [3.63, 3.8) is 0 Å². The van der Waals surface area contributed by atoms with Crippen molar-refractivity contribution in [3.8, 4) is 0 Å². The van der Waals surface area contributed by atoms with E-state index in [-0.39, 0.29) is 11.9 Å². The highest BCUT2D eigenvalue weighted by molar-refractivity contribution is 6.31. The van der Waals surface area contributed by atoms with Gasteiger partial charge in [0.2, 0.25) is 0 Å². The number of nitrogens with zero attached hydrogens (tertiary/aromatic N) is 3. The molecule has 3 aromatic rings. The molecule has 0 aliphatic rings. The highest BCUT2D eigenvalue weighted by Crippen LogP contribution is 2.23. The summed E-state index contributed by atoms with van der Waals surface area (Å²) in [6, 6.07) is 10.2. The number of rotatable bonds is 4. The number of hydrogen-bond donors (Lipinski definition) is 1. The molecule has 0 saturated heterocycles. The molecule has 0 amide bonds. The highest BCUT2D eigenvalue weighted by Gasteiger charge is 2.12. The lowest BCUT2D eigenvalue weighted by Crippen LogP contribution is -2.20. The summed E-state index contributed by atoms with van der Waals surface area (Å²) in [4.78, 5) is 0. The normalized spacial score (nSPS) is 12.7. The van der Waals surface area contributed by atoms with Crippen molar-refractivity contribution in [1.29, 1.82) is 0 Å². The Bertz CT molecular complexity index is 771. The SMILES string of the molecule is CC(NCc1nnc2ccccn12)c1ccc(F)cc1Cl. The first-order chi connectivity index (χ1) is 10.1. The zero-order valence-corrected chi connectivity index (χ0v) is 12.2. The van der Waals surface area contributed by atoms with Gasteiger partial charge in [-0.25, -0.2) is 4.39 Å². The van der Waals surface area contributed by atoms with Crippen molar-refractivity contribution in [2.45, 2.75) is 19.5 Å². The maximum atomic E-state index is 13.1. The number of pyridine rings is 1. The summed E-state index contributed by atoms with van der Waals surface area (Å²) in [6.45, 7) is 2.52. The average Bonchev–Trinajstić information content (AvgIpc) is 2.88. The standard InChI is InChI=1S/C15H14ClFN4/c1-10(12-6-5-11(17)8-13(12)16)18-9-15-20-19-14-4-2-3-7-21(14)15/h2-8,10,18H,9H2,1H3. The number of nitrogens with one attached hydrogen (secondary N) is 1. The van der Waals surface area contributed by atoms with Crippen molar-refractivity contribution in [1.82, 2.24) is 19.9 Å². The second-order valence-corrected chi connectivity index (χ2v) is 5.22. The van der Waals surface area contributed by atoms with Crippen LogP contribution in [0, 0.1) is 5.82 Å². The van der Waals surface area contributed by atoms with E-state index in [2.05, 4.69) is 15.5 Å². The van der Waals surface area contributed by atoms with Gasteiger partial charge in [0.1, 0.15) is 5.82 Å². The molecule has 0 aliphatic carbocycles. The molecule has 1 N–H and O–H groups in total. The third kappa shape index (κ3) is 2.89. The lowest BCUT2D eigenvalue weighted by molar-refractivity contribution is 0.554. The van der Waals surface area contributed by atoms with Crippen LogP contribution in [0.3, 0.4) is 0 Å². The number of benzene rings is 1. The van der Waals surface area contributed by atoms with Gasteiger partial charge in [0.25, 0.3) is 0 Å². The summed E-state index contributed by atoms with van der Waals surface area (Å²) in [5, 5.41) is 12.0. The fourth-order valence-electron chi connectivity index (χ4n) is 2.22. The summed E-state index contributed by atoms with van der Waals surface area (Å²) >= 11 is 6.07. The van der Waals surface area contributed by atoms with Gasteiger partial charge < -0.3 is 5.32 Å². The van der Waals surface area contributed by atoms with E-state index in [4.69, 9.17) is 11.6 Å². The predicted octanol–water partition coefficient (Wildman–Crippen LogP) is 3.37. The molecule has 21 heavy (non-hydrogen) atoms. The Kier molecular flexibility index (Phi) is 3.86. The van der Waals surface area contributed by atoms with E-state index in [0.717, 1.165) is 17.0 Å². The van der Waals surface area contributed by atoms with Gasteiger partial charge in [-0.2, -0.15) is 0 Å². The van der Waals surface area contributed by atoms with Gasteiger partial charge in [-0.05, 0) is 36.8 Å². The Morgan fingerprint density at radius 2 is 2.14 bits per heavy atom. The third-order valence-corrected chi connectivity index (χ3v) is 3.71. The van der Waals surface area contributed by atoms with Crippen LogP contribution in [0.4, 0.5) is 4.39 Å². The largest absolute Gasteiger partial charge is 0.303 e. The number of halogens is 2. The van der Waals surface area contributed by atoms with E-state index in [1.165, 1.54) is 12.1 Å². The van der Waals surface area contributed by atoms with Crippen molar-refractivity contribution in [3.05, 3.63) is 64.8 Å². The molecule has 0 radical (unpaired) electrons. The van der Waals surface area contributed by atoms with Crippen LogP contribution in [0.25, 0.3) is 5.65 Å². The van der Waals surface area contributed by atoms with Crippen LogP contribution in [-0.2, 0) is 6.54 Å². The van der Waals surface area contributed by atoms with Crippen LogP contribution >= 0.6 is 11.6 Å². The predicted molar refractivity (Wildman–Crippen MR) is 79.7 cm³/mol. The van der Waals surface area contributed by atoms with Crippen LogP contribution in [0.2, 0.25) is 5.02 Å². The summed E-state index contributed by atoms with van der Waals surface area (Å²) in [5.74, 6) is 0.482. The fourth-order valence-corrected chi connectivity index (χ4v) is 2.55. The van der Waals surface area contributed by atoms with Crippen molar-refractivity contribution in [2.24, 2.45) is 0 Å². The van der Waals surface area contributed by atoms with Crippen molar-refractivity contribution < 1.29 is 4.39 Å². The second kappa shape index (κ2) is 5.79. The molecule has 0 aliphatic heterocycles. The van der Waals surface area contributed by atoms with Crippen LogP contribution < -0.4 is 5.32 Å². The van der Waals surface area contributed by atoms with Gasteiger partial charge in [0.15, 0.2) is 11.5 Å². The first-order valence-electron chi connectivity index (χ1n) is 6.62. The molecule has 4 nitrogen and oxygen atoms in total. The average molecular weight is 305 g/mol. The summed E-state index contributed by atoms with van der Waals surface area (Å²) in [5.41, 5.74) is 1.66. The zero-order chi connectivity index (χ0) is 14.8. The Balaban J connectivity index is 1.75. The first-order valence-corrected chi connectivity index (χ1v) is 7.00. The molecule has 6 heteroatoms. The van der Waals surface area contributed by atoms with Gasteiger partial charge >= 0.3 is 0 Å². The summed E-state index contributed by atoms with van der Waals surface area (Å²) in [6.07, 6.45) is 1.92. The van der Waals surface area contributed by atoms with Gasteiger partial charge in [-0.15, -0.1) is 10.2 Å². The van der Waals surface area contributed by atoms with Crippen molar-refractivity contribution in [2.75, 3.05) is 0 Å². The lowest BCUT2D eigenvalue weighted by Gasteiger charge is -2.15. The first kappa shape index (κ1) is 14.0. The molecule has 2 heterocycles. The van der Waals surface area contributed by atoms with E-state index in [0.29, 0.717) is 11.6 Å². The molecular formula is C15H14ClFN4. The molecule has 3 rings (SSSR count). The molecule has 1 aromatic carbocycles. The van der Waals surface area contributed by atoms with Crippen molar-refractivity contribution >= 4 is 17.2 Å². The maximum Gasteiger partial charge on any atom is 0.160 e.